The van der Waals surface area contributed by atoms with Gasteiger partial charge in [0, 0.05) is 12.4 Å². The van der Waals surface area contributed by atoms with E-state index >= 15 is 0 Å². The molecule has 0 fully saturated rings. The van der Waals surface area contributed by atoms with Crippen LogP contribution >= 0.6 is 11.3 Å². The number of carbonyl (C=O) groups is 1. The molecule has 0 saturated heterocycles. The Bertz CT molecular complexity index is 690. The van der Waals surface area contributed by atoms with Crippen LogP contribution in [0, 0.1) is 15.9 Å². The number of aromatic carboxylic acids is 1. The maximum Gasteiger partial charge on any atom is 0.342 e. The van der Waals surface area contributed by atoms with Gasteiger partial charge in [0.2, 0.25) is 0 Å². The van der Waals surface area contributed by atoms with Gasteiger partial charge in [-0.3, -0.25) is 10.1 Å². The number of halogens is 1. The van der Waals surface area contributed by atoms with Crippen molar-refractivity contribution >= 4 is 28.7 Å². The topological polar surface area (TPSA) is 96.6 Å². The molecule has 0 saturated carbocycles. The van der Waals surface area contributed by atoms with Gasteiger partial charge in [0.15, 0.2) is 5.82 Å². The molecule has 0 unspecified atom stereocenters. The third-order valence-electron chi connectivity index (χ3n) is 2.79. The molecular formula is C12H10FN3O4S. The van der Waals surface area contributed by atoms with E-state index < -0.39 is 28.0 Å². The summed E-state index contributed by atoms with van der Waals surface area (Å²) < 4.78 is 14.0. The summed E-state index contributed by atoms with van der Waals surface area (Å²) in [5.74, 6) is -2.34. The number of carboxylic acids is 1. The van der Waals surface area contributed by atoms with Crippen molar-refractivity contribution in [2.24, 2.45) is 0 Å². The van der Waals surface area contributed by atoms with Crippen molar-refractivity contribution in [3.05, 3.63) is 50.2 Å². The first-order chi connectivity index (χ1) is 9.90. The Morgan fingerprint density at radius 3 is 2.81 bits per heavy atom. The molecule has 2 aromatic rings. The third kappa shape index (κ3) is 3.14. The molecule has 0 aliphatic rings. The highest BCUT2D eigenvalue weighted by molar-refractivity contribution is 7.07. The fraction of sp³-hybridized carbons (Fsp3) is 0.167. The van der Waals surface area contributed by atoms with Gasteiger partial charge in [-0.25, -0.2) is 14.2 Å². The average molecular weight is 311 g/mol. The van der Waals surface area contributed by atoms with Crippen LogP contribution < -0.4 is 4.90 Å². The Kier molecular flexibility index (Phi) is 4.13. The Balaban J connectivity index is 2.41. The molecule has 110 valence electrons. The van der Waals surface area contributed by atoms with Gasteiger partial charge in [-0.15, -0.1) is 11.3 Å². The number of aromatic nitrogens is 1. The highest BCUT2D eigenvalue weighted by Crippen LogP contribution is 2.28. The lowest BCUT2D eigenvalue weighted by atomic mass is 10.1. The largest absolute Gasteiger partial charge is 0.477 e. The second-order valence-electron chi connectivity index (χ2n) is 4.22. The van der Waals surface area contributed by atoms with Crippen LogP contribution in [0.25, 0.3) is 0 Å². The fourth-order valence-corrected chi connectivity index (χ4v) is 2.36. The summed E-state index contributed by atoms with van der Waals surface area (Å²) in [4.78, 5) is 26.4. The Morgan fingerprint density at radius 2 is 2.29 bits per heavy atom. The van der Waals surface area contributed by atoms with Crippen LogP contribution in [-0.4, -0.2) is 28.0 Å². The van der Waals surface area contributed by atoms with Gasteiger partial charge in [0.05, 0.1) is 34.4 Å². The minimum absolute atomic E-state index is 0.0361. The highest BCUT2D eigenvalue weighted by atomic mass is 32.1. The second kappa shape index (κ2) is 5.83. The first-order valence-electron chi connectivity index (χ1n) is 5.69. The molecule has 1 heterocycles. The zero-order chi connectivity index (χ0) is 15.6. The molecule has 0 spiro atoms. The van der Waals surface area contributed by atoms with E-state index in [2.05, 4.69) is 4.98 Å². The third-order valence-corrected chi connectivity index (χ3v) is 3.42. The van der Waals surface area contributed by atoms with Gasteiger partial charge in [-0.2, -0.15) is 0 Å². The van der Waals surface area contributed by atoms with E-state index in [0.717, 1.165) is 6.07 Å². The van der Waals surface area contributed by atoms with Crippen LogP contribution in [0.15, 0.2) is 23.0 Å². The molecule has 0 atom stereocenters. The summed E-state index contributed by atoms with van der Waals surface area (Å²) in [6.07, 6.45) is 0. The van der Waals surface area contributed by atoms with Crippen LogP contribution in [0.5, 0.6) is 0 Å². The van der Waals surface area contributed by atoms with Gasteiger partial charge in [-0.1, -0.05) is 0 Å². The molecular weight excluding hydrogens is 301 g/mol. The van der Waals surface area contributed by atoms with Crippen LogP contribution in [0.3, 0.4) is 0 Å². The van der Waals surface area contributed by atoms with Gasteiger partial charge in [0.1, 0.15) is 5.56 Å². The number of thiazole rings is 1. The molecule has 7 nitrogen and oxygen atoms in total. The minimum atomic E-state index is -1.48. The fourth-order valence-electron chi connectivity index (χ4n) is 1.81. The van der Waals surface area contributed by atoms with Crippen molar-refractivity contribution in [3.8, 4) is 0 Å². The lowest BCUT2D eigenvalue weighted by Crippen LogP contribution is -2.19. The van der Waals surface area contributed by atoms with E-state index in [9.17, 15) is 19.3 Å². The number of benzene rings is 1. The van der Waals surface area contributed by atoms with Crippen LogP contribution in [0.1, 0.15) is 16.1 Å². The molecule has 1 aromatic carbocycles. The Labute approximate surface area is 122 Å². The van der Waals surface area contributed by atoms with E-state index in [1.54, 1.807) is 17.9 Å². The quantitative estimate of drug-likeness (QED) is 0.673. The molecule has 2 rings (SSSR count). The van der Waals surface area contributed by atoms with Crippen molar-refractivity contribution in [1.82, 2.24) is 4.98 Å². The molecule has 9 heteroatoms. The maximum atomic E-state index is 14.0. The molecule has 0 radical (unpaired) electrons. The number of rotatable bonds is 5. The lowest BCUT2D eigenvalue weighted by molar-refractivity contribution is -0.385. The van der Waals surface area contributed by atoms with Crippen LogP contribution in [0.2, 0.25) is 0 Å². The molecule has 0 amide bonds. The molecule has 0 bridgehead atoms. The van der Waals surface area contributed by atoms with E-state index in [-0.39, 0.29) is 12.2 Å². The molecule has 1 N–H and O–H groups in total. The number of hydrogen-bond donors (Lipinski definition) is 1. The van der Waals surface area contributed by atoms with E-state index in [0.29, 0.717) is 11.8 Å². The minimum Gasteiger partial charge on any atom is -0.477 e. The van der Waals surface area contributed by atoms with Crippen molar-refractivity contribution in [2.45, 2.75) is 6.54 Å². The standard InChI is InChI=1S/C12H10FN3O4S/c1-15(4-7-5-21-6-14-7)11-2-8(12(17)18)10(16(19)20)3-9(11)13/h2-3,5-6H,4H2,1H3,(H,17,18). The number of hydrogen-bond acceptors (Lipinski definition) is 6. The number of anilines is 1. The van der Waals surface area contributed by atoms with Crippen molar-refractivity contribution in [3.63, 3.8) is 0 Å². The molecule has 1 aromatic heterocycles. The zero-order valence-electron chi connectivity index (χ0n) is 10.8. The van der Waals surface area contributed by atoms with Gasteiger partial charge in [0.25, 0.3) is 5.69 Å². The predicted octanol–water partition coefficient (Wildman–Crippen LogP) is 2.53. The monoisotopic (exact) mass is 311 g/mol. The van der Waals surface area contributed by atoms with Gasteiger partial charge < -0.3 is 10.0 Å². The SMILES string of the molecule is CN(Cc1cscn1)c1cc(C(=O)O)c([N+](=O)[O-])cc1F. The smallest absolute Gasteiger partial charge is 0.342 e. The average Bonchev–Trinajstić information content (AvgIpc) is 2.90. The first-order valence-corrected chi connectivity index (χ1v) is 6.64. The van der Waals surface area contributed by atoms with Crippen LogP contribution in [-0.2, 0) is 6.54 Å². The maximum absolute atomic E-state index is 14.0. The normalized spacial score (nSPS) is 10.4. The summed E-state index contributed by atoms with van der Waals surface area (Å²) in [6, 6.07) is 1.58. The second-order valence-corrected chi connectivity index (χ2v) is 4.94. The summed E-state index contributed by atoms with van der Waals surface area (Å²) >= 11 is 1.38. The summed E-state index contributed by atoms with van der Waals surface area (Å²) in [6.45, 7) is 0.261. The van der Waals surface area contributed by atoms with Gasteiger partial charge in [-0.05, 0) is 6.07 Å². The number of nitro benzene ring substituents is 1. The number of nitro groups is 1. The van der Waals surface area contributed by atoms with Crippen molar-refractivity contribution < 1.29 is 19.2 Å². The number of carboxylic acid groups (broad SMARTS) is 1. The first kappa shape index (κ1) is 14.9. The summed E-state index contributed by atoms with van der Waals surface area (Å²) in [7, 11) is 1.55. The summed E-state index contributed by atoms with van der Waals surface area (Å²) in [5, 5.41) is 21.6. The van der Waals surface area contributed by atoms with E-state index in [4.69, 9.17) is 5.11 Å². The highest BCUT2D eigenvalue weighted by Gasteiger charge is 2.24. The number of nitrogens with zero attached hydrogens (tertiary/aromatic N) is 3. The van der Waals surface area contributed by atoms with Gasteiger partial charge >= 0.3 is 5.97 Å². The molecule has 0 aliphatic heterocycles. The van der Waals surface area contributed by atoms with Crippen LogP contribution in [0.4, 0.5) is 15.8 Å². The molecule has 0 aliphatic carbocycles. The zero-order valence-corrected chi connectivity index (χ0v) is 11.6. The van der Waals surface area contributed by atoms with Crippen molar-refractivity contribution in [1.29, 1.82) is 0 Å². The lowest BCUT2D eigenvalue weighted by Gasteiger charge is -2.19. The van der Waals surface area contributed by atoms with E-state index in [1.165, 1.54) is 16.2 Å². The summed E-state index contributed by atoms with van der Waals surface area (Å²) in [5.41, 5.74) is 0.952. The molecule has 21 heavy (non-hydrogen) atoms. The predicted molar refractivity (Wildman–Crippen MR) is 74.2 cm³/mol. The Hall–Kier alpha value is -2.55. The van der Waals surface area contributed by atoms with Crippen molar-refractivity contribution in [2.75, 3.05) is 11.9 Å². The Morgan fingerprint density at radius 1 is 1.57 bits per heavy atom. The van der Waals surface area contributed by atoms with E-state index in [1.807, 2.05) is 0 Å².